The van der Waals surface area contributed by atoms with Crippen molar-refractivity contribution in [3.05, 3.63) is 35.6 Å². The zero-order valence-corrected chi connectivity index (χ0v) is 7.13. The van der Waals surface area contributed by atoms with Gasteiger partial charge in [0.25, 0.3) is 0 Å². The molecule has 0 radical (unpaired) electrons. The van der Waals surface area contributed by atoms with E-state index in [1.54, 1.807) is 12.1 Å². The summed E-state index contributed by atoms with van der Waals surface area (Å²) in [7, 11) is 0. The zero-order chi connectivity index (χ0) is 8.97. The van der Waals surface area contributed by atoms with Crippen molar-refractivity contribution in [3.8, 4) is 0 Å². The summed E-state index contributed by atoms with van der Waals surface area (Å²) in [5, 5.41) is 9.48. The van der Waals surface area contributed by atoms with Gasteiger partial charge in [-0.2, -0.15) is 0 Å². The fourth-order valence-corrected chi connectivity index (χ4v) is 1.15. The number of rotatable bonds is 3. The van der Waals surface area contributed by atoms with E-state index in [1.165, 1.54) is 12.1 Å². The Morgan fingerprint density at radius 3 is 2.83 bits per heavy atom. The third-order valence-electron chi connectivity index (χ3n) is 1.80. The molecular weight excluding hydrogens is 155 g/mol. The molecule has 1 atom stereocenters. The van der Waals surface area contributed by atoms with Crippen LogP contribution in [0.15, 0.2) is 24.3 Å². The molecule has 0 fully saturated rings. The molecule has 1 N–H and O–H groups in total. The maximum Gasteiger partial charge on any atom is 0.123 e. The van der Waals surface area contributed by atoms with Crippen molar-refractivity contribution in [1.29, 1.82) is 0 Å². The van der Waals surface area contributed by atoms with Crippen LogP contribution in [0, 0.1) is 5.82 Å². The second-order valence-electron chi connectivity index (χ2n) is 2.86. The summed E-state index contributed by atoms with van der Waals surface area (Å²) in [5.41, 5.74) is 0.664. The summed E-state index contributed by atoms with van der Waals surface area (Å²) in [6, 6.07) is 6.11. The van der Waals surface area contributed by atoms with E-state index in [9.17, 15) is 9.50 Å². The van der Waals surface area contributed by atoms with E-state index in [0.29, 0.717) is 12.0 Å². The smallest absolute Gasteiger partial charge is 0.123 e. The number of hydrogen-bond donors (Lipinski definition) is 1. The van der Waals surface area contributed by atoms with Gasteiger partial charge in [0.15, 0.2) is 0 Å². The molecule has 0 aliphatic rings. The second-order valence-corrected chi connectivity index (χ2v) is 2.86. The first-order valence-electron chi connectivity index (χ1n) is 4.17. The van der Waals surface area contributed by atoms with E-state index in [4.69, 9.17) is 0 Å². The van der Waals surface area contributed by atoms with Crippen molar-refractivity contribution in [2.45, 2.75) is 25.9 Å². The Labute approximate surface area is 71.9 Å². The molecule has 0 bridgehead atoms. The second kappa shape index (κ2) is 4.21. The van der Waals surface area contributed by atoms with Gasteiger partial charge in [-0.25, -0.2) is 4.39 Å². The monoisotopic (exact) mass is 168 g/mol. The van der Waals surface area contributed by atoms with Gasteiger partial charge in [0.2, 0.25) is 0 Å². The average molecular weight is 168 g/mol. The lowest BCUT2D eigenvalue weighted by molar-refractivity contribution is 0.166. The highest BCUT2D eigenvalue weighted by atomic mass is 19.1. The molecular formula is C10H13FO. The van der Waals surface area contributed by atoms with E-state index in [-0.39, 0.29) is 5.82 Å². The molecule has 66 valence electrons. The van der Waals surface area contributed by atoms with Gasteiger partial charge in [-0.1, -0.05) is 25.5 Å². The summed E-state index contributed by atoms with van der Waals surface area (Å²) < 4.78 is 12.7. The van der Waals surface area contributed by atoms with Crippen LogP contribution in [-0.2, 0) is 0 Å². The van der Waals surface area contributed by atoms with E-state index < -0.39 is 6.10 Å². The molecule has 0 saturated heterocycles. The van der Waals surface area contributed by atoms with Gasteiger partial charge in [-0.05, 0) is 24.1 Å². The number of halogens is 1. The molecule has 0 aromatic heterocycles. The molecule has 1 aromatic rings. The third-order valence-corrected chi connectivity index (χ3v) is 1.80. The zero-order valence-electron chi connectivity index (χ0n) is 7.13. The molecule has 1 aromatic carbocycles. The van der Waals surface area contributed by atoms with Crippen LogP contribution in [0.5, 0.6) is 0 Å². The fraction of sp³-hybridized carbons (Fsp3) is 0.400. The van der Waals surface area contributed by atoms with Crippen LogP contribution in [0.4, 0.5) is 4.39 Å². The maximum absolute atomic E-state index is 12.7. The van der Waals surface area contributed by atoms with E-state index in [2.05, 4.69) is 0 Å². The van der Waals surface area contributed by atoms with Crippen LogP contribution in [0.1, 0.15) is 31.4 Å². The Hall–Kier alpha value is -0.890. The third kappa shape index (κ3) is 2.31. The average Bonchev–Trinajstić information content (AvgIpc) is 2.05. The Morgan fingerprint density at radius 1 is 1.50 bits per heavy atom. The van der Waals surface area contributed by atoms with Gasteiger partial charge in [-0.15, -0.1) is 0 Å². The van der Waals surface area contributed by atoms with E-state index in [1.807, 2.05) is 6.92 Å². The molecule has 2 heteroatoms. The van der Waals surface area contributed by atoms with Gasteiger partial charge in [0.1, 0.15) is 5.82 Å². The van der Waals surface area contributed by atoms with Crippen molar-refractivity contribution < 1.29 is 9.50 Å². The highest BCUT2D eigenvalue weighted by molar-refractivity contribution is 5.18. The number of aliphatic hydroxyl groups is 1. The molecule has 12 heavy (non-hydrogen) atoms. The first kappa shape index (κ1) is 9.20. The molecule has 0 saturated carbocycles. The molecule has 0 amide bonds. The Bertz CT molecular complexity index is 247. The summed E-state index contributed by atoms with van der Waals surface area (Å²) in [5.74, 6) is -0.289. The number of benzene rings is 1. The van der Waals surface area contributed by atoms with Crippen molar-refractivity contribution in [3.63, 3.8) is 0 Å². The van der Waals surface area contributed by atoms with Crippen molar-refractivity contribution in [2.75, 3.05) is 0 Å². The van der Waals surface area contributed by atoms with Crippen molar-refractivity contribution in [1.82, 2.24) is 0 Å². The maximum atomic E-state index is 12.7. The predicted octanol–water partition coefficient (Wildman–Crippen LogP) is 2.66. The first-order chi connectivity index (χ1) is 5.74. The van der Waals surface area contributed by atoms with Crippen LogP contribution < -0.4 is 0 Å². The van der Waals surface area contributed by atoms with Crippen LogP contribution in [0.2, 0.25) is 0 Å². The van der Waals surface area contributed by atoms with Gasteiger partial charge < -0.3 is 5.11 Å². The molecule has 1 nitrogen and oxygen atoms in total. The van der Waals surface area contributed by atoms with Crippen molar-refractivity contribution in [2.24, 2.45) is 0 Å². The summed E-state index contributed by atoms with van der Waals surface area (Å²) in [6.45, 7) is 1.99. The number of aliphatic hydroxyl groups excluding tert-OH is 1. The molecule has 0 heterocycles. The van der Waals surface area contributed by atoms with Gasteiger partial charge in [0.05, 0.1) is 6.10 Å². The van der Waals surface area contributed by atoms with Crippen molar-refractivity contribution >= 4 is 0 Å². The molecule has 1 unspecified atom stereocenters. The number of hydrogen-bond acceptors (Lipinski definition) is 1. The topological polar surface area (TPSA) is 20.2 Å². The van der Waals surface area contributed by atoms with Crippen LogP contribution in [0.25, 0.3) is 0 Å². The summed E-state index contributed by atoms with van der Waals surface area (Å²) in [6.07, 6.45) is 1.06. The normalized spacial score (nSPS) is 12.9. The molecule has 0 aliphatic carbocycles. The standard InChI is InChI=1S/C10H13FO/c1-2-4-10(12)8-5-3-6-9(11)7-8/h3,5-7,10,12H,2,4H2,1H3. The lowest BCUT2D eigenvalue weighted by Gasteiger charge is -2.08. The summed E-state index contributed by atoms with van der Waals surface area (Å²) in [4.78, 5) is 0. The first-order valence-corrected chi connectivity index (χ1v) is 4.17. The van der Waals surface area contributed by atoms with E-state index >= 15 is 0 Å². The molecule has 0 spiro atoms. The quantitative estimate of drug-likeness (QED) is 0.735. The Morgan fingerprint density at radius 2 is 2.25 bits per heavy atom. The van der Waals surface area contributed by atoms with Crippen LogP contribution >= 0.6 is 0 Å². The minimum atomic E-state index is -0.523. The minimum absolute atomic E-state index is 0.289. The van der Waals surface area contributed by atoms with Gasteiger partial charge in [-0.3, -0.25) is 0 Å². The van der Waals surface area contributed by atoms with E-state index in [0.717, 1.165) is 6.42 Å². The highest BCUT2D eigenvalue weighted by Gasteiger charge is 2.05. The predicted molar refractivity (Wildman–Crippen MR) is 46.3 cm³/mol. The highest BCUT2D eigenvalue weighted by Crippen LogP contribution is 2.18. The fourth-order valence-electron chi connectivity index (χ4n) is 1.15. The SMILES string of the molecule is CCCC(O)c1cccc(F)c1. The summed E-state index contributed by atoms with van der Waals surface area (Å²) >= 11 is 0. The minimum Gasteiger partial charge on any atom is -0.388 e. The molecule has 0 aliphatic heterocycles. The lowest BCUT2D eigenvalue weighted by Crippen LogP contribution is -1.96. The Kier molecular flexibility index (Phi) is 3.23. The largest absolute Gasteiger partial charge is 0.388 e. The van der Waals surface area contributed by atoms with Gasteiger partial charge in [0, 0.05) is 0 Å². The van der Waals surface area contributed by atoms with Gasteiger partial charge >= 0.3 is 0 Å². The van der Waals surface area contributed by atoms with Crippen LogP contribution in [-0.4, -0.2) is 5.11 Å². The lowest BCUT2D eigenvalue weighted by atomic mass is 10.1. The molecule has 1 rings (SSSR count). The Balaban J connectivity index is 2.73. The van der Waals surface area contributed by atoms with Crippen LogP contribution in [0.3, 0.4) is 0 Å².